The highest BCUT2D eigenvalue weighted by Gasteiger charge is 2.16. The highest BCUT2D eigenvalue weighted by molar-refractivity contribution is 7.98. The Morgan fingerprint density at radius 1 is 1.47 bits per heavy atom. The van der Waals surface area contributed by atoms with Crippen molar-refractivity contribution in [3.8, 4) is 0 Å². The lowest BCUT2D eigenvalue weighted by molar-refractivity contribution is -0.148. The largest absolute Gasteiger partial charge is 0.479 e. The molecule has 0 heterocycles. The lowest BCUT2D eigenvalue weighted by atomic mass is 10.2. The summed E-state index contributed by atoms with van der Waals surface area (Å²) in [6.45, 7) is 2.21. The van der Waals surface area contributed by atoms with Crippen molar-refractivity contribution in [3.63, 3.8) is 0 Å². The van der Waals surface area contributed by atoms with Gasteiger partial charge in [-0.3, -0.25) is 0 Å². The summed E-state index contributed by atoms with van der Waals surface area (Å²) in [6.07, 6.45) is -0.725. The molecule has 0 aliphatic rings. The van der Waals surface area contributed by atoms with Crippen molar-refractivity contribution in [2.45, 2.75) is 18.8 Å². The van der Waals surface area contributed by atoms with Gasteiger partial charge in [0.1, 0.15) is 0 Å². The van der Waals surface area contributed by atoms with Crippen LogP contribution < -0.4 is 0 Å². The Balaban J connectivity index is 2.35. The van der Waals surface area contributed by atoms with E-state index >= 15 is 0 Å². The van der Waals surface area contributed by atoms with Crippen molar-refractivity contribution in [1.29, 1.82) is 0 Å². The molecule has 1 aromatic rings. The zero-order valence-electron chi connectivity index (χ0n) is 9.56. The van der Waals surface area contributed by atoms with Gasteiger partial charge >= 0.3 is 5.97 Å². The van der Waals surface area contributed by atoms with E-state index in [1.54, 1.807) is 6.92 Å². The smallest absolute Gasteiger partial charge is 0.333 e. The number of aliphatic carboxylic acids is 1. The standard InChI is InChI=1S/C12H15ClO3S/c1-2-16-11(12(14)15)8-17-7-9-3-5-10(13)6-4-9/h3-6,11H,2,7-8H2,1H3,(H,14,15). The molecule has 0 saturated heterocycles. The van der Waals surface area contributed by atoms with E-state index < -0.39 is 12.1 Å². The van der Waals surface area contributed by atoms with Crippen molar-refractivity contribution in [1.82, 2.24) is 0 Å². The fourth-order valence-electron chi connectivity index (χ4n) is 1.26. The lowest BCUT2D eigenvalue weighted by Gasteiger charge is -2.11. The van der Waals surface area contributed by atoms with Gasteiger partial charge in [0.15, 0.2) is 6.10 Å². The molecule has 17 heavy (non-hydrogen) atoms. The summed E-state index contributed by atoms with van der Waals surface area (Å²) in [5.74, 6) is 0.301. The maximum absolute atomic E-state index is 10.8. The van der Waals surface area contributed by atoms with E-state index in [0.717, 1.165) is 11.3 Å². The second kappa shape index (κ2) is 7.58. The van der Waals surface area contributed by atoms with Gasteiger partial charge in [0, 0.05) is 23.1 Å². The average molecular weight is 275 g/mol. The topological polar surface area (TPSA) is 46.5 Å². The summed E-state index contributed by atoms with van der Waals surface area (Å²) in [6, 6.07) is 7.53. The van der Waals surface area contributed by atoms with Crippen LogP contribution in [0.15, 0.2) is 24.3 Å². The first-order valence-electron chi connectivity index (χ1n) is 5.30. The van der Waals surface area contributed by atoms with E-state index in [0.29, 0.717) is 17.4 Å². The molecular formula is C12H15ClO3S. The second-order valence-corrected chi connectivity index (χ2v) is 4.89. The maximum Gasteiger partial charge on any atom is 0.333 e. The number of thioether (sulfide) groups is 1. The van der Waals surface area contributed by atoms with Crippen LogP contribution in [0.3, 0.4) is 0 Å². The van der Waals surface area contributed by atoms with Crippen LogP contribution in [0.25, 0.3) is 0 Å². The summed E-state index contributed by atoms with van der Waals surface area (Å²) in [4.78, 5) is 10.8. The molecule has 0 fully saturated rings. The van der Waals surface area contributed by atoms with Gasteiger partial charge in [-0.05, 0) is 24.6 Å². The Kier molecular flexibility index (Phi) is 6.40. The summed E-state index contributed by atoms with van der Waals surface area (Å²) >= 11 is 7.31. The van der Waals surface area contributed by atoms with Gasteiger partial charge in [0.25, 0.3) is 0 Å². The molecule has 3 nitrogen and oxygen atoms in total. The summed E-state index contributed by atoms with van der Waals surface area (Å²) in [7, 11) is 0. The van der Waals surface area contributed by atoms with E-state index in [1.165, 1.54) is 11.8 Å². The number of halogens is 1. The minimum Gasteiger partial charge on any atom is -0.479 e. The lowest BCUT2D eigenvalue weighted by Crippen LogP contribution is -2.26. The van der Waals surface area contributed by atoms with Gasteiger partial charge in [0.05, 0.1) is 0 Å². The molecule has 0 aliphatic heterocycles. The van der Waals surface area contributed by atoms with Gasteiger partial charge in [-0.1, -0.05) is 23.7 Å². The molecule has 0 aromatic heterocycles. The summed E-state index contributed by atoms with van der Waals surface area (Å²) < 4.78 is 5.12. The first-order valence-corrected chi connectivity index (χ1v) is 6.83. The molecule has 1 unspecified atom stereocenters. The van der Waals surface area contributed by atoms with E-state index in [-0.39, 0.29) is 0 Å². The average Bonchev–Trinajstić information content (AvgIpc) is 2.30. The van der Waals surface area contributed by atoms with Crippen LogP contribution in [0.5, 0.6) is 0 Å². The summed E-state index contributed by atoms with van der Waals surface area (Å²) in [5, 5.41) is 9.59. The number of hydrogen-bond acceptors (Lipinski definition) is 3. The van der Waals surface area contributed by atoms with E-state index in [2.05, 4.69) is 0 Å². The van der Waals surface area contributed by atoms with Gasteiger partial charge in [-0.15, -0.1) is 0 Å². The molecule has 0 saturated carbocycles. The molecule has 0 amide bonds. The Bertz CT molecular complexity index is 353. The molecule has 0 spiro atoms. The fourth-order valence-corrected chi connectivity index (χ4v) is 2.38. The highest BCUT2D eigenvalue weighted by atomic mass is 35.5. The Morgan fingerprint density at radius 2 is 2.12 bits per heavy atom. The zero-order chi connectivity index (χ0) is 12.7. The Morgan fingerprint density at radius 3 is 2.65 bits per heavy atom. The van der Waals surface area contributed by atoms with Gasteiger partial charge < -0.3 is 9.84 Å². The number of carboxylic acids is 1. The second-order valence-electron chi connectivity index (χ2n) is 3.42. The van der Waals surface area contributed by atoms with Gasteiger partial charge in [-0.25, -0.2) is 4.79 Å². The molecule has 0 aliphatic carbocycles. The molecule has 1 rings (SSSR count). The number of rotatable bonds is 7. The molecule has 1 aromatic carbocycles. The maximum atomic E-state index is 10.8. The first kappa shape index (κ1) is 14.4. The SMILES string of the molecule is CCOC(CSCc1ccc(Cl)cc1)C(=O)O. The molecule has 0 radical (unpaired) electrons. The first-order chi connectivity index (χ1) is 8.13. The van der Waals surface area contributed by atoms with Crippen molar-refractivity contribution < 1.29 is 14.6 Å². The van der Waals surface area contributed by atoms with Crippen LogP contribution in [0.4, 0.5) is 0 Å². The zero-order valence-corrected chi connectivity index (χ0v) is 11.1. The number of hydrogen-bond donors (Lipinski definition) is 1. The fraction of sp³-hybridized carbons (Fsp3) is 0.417. The molecule has 94 valence electrons. The minimum absolute atomic E-state index is 0.415. The molecular weight excluding hydrogens is 260 g/mol. The van der Waals surface area contributed by atoms with Crippen LogP contribution >= 0.6 is 23.4 Å². The van der Waals surface area contributed by atoms with Crippen molar-refractivity contribution in [3.05, 3.63) is 34.9 Å². The van der Waals surface area contributed by atoms with Gasteiger partial charge in [-0.2, -0.15) is 11.8 Å². The van der Waals surface area contributed by atoms with E-state index in [4.69, 9.17) is 21.4 Å². The highest BCUT2D eigenvalue weighted by Crippen LogP contribution is 2.16. The van der Waals surface area contributed by atoms with Crippen molar-refractivity contribution in [2.24, 2.45) is 0 Å². The van der Waals surface area contributed by atoms with E-state index in [9.17, 15) is 4.79 Å². The number of carbonyl (C=O) groups is 1. The molecule has 1 N–H and O–H groups in total. The van der Waals surface area contributed by atoms with E-state index in [1.807, 2.05) is 24.3 Å². The third-order valence-electron chi connectivity index (χ3n) is 2.09. The molecule has 1 atom stereocenters. The van der Waals surface area contributed by atoms with Crippen LogP contribution in [0.1, 0.15) is 12.5 Å². The summed E-state index contributed by atoms with van der Waals surface area (Å²) in [5.41, 5.74) is 1.13. The van der Waals surface area contributed by atoms with Crippen molar-refractivity contribution in [2.75, 3.05) is 12.4 Å². The number of carboxylic acid groups (broad SMARTS) is 1. The number of benzene rings is 1. The number of ether oxygens (including phenoxy) is 1. The van der Waals surface area contributed by atoms with Crippen LogP contribution in [0, 0.1) is 0 Å². The van der Waals surface area contributed by atoms with Gasteiger partial charge in [0.2, 0.25) is 0 Å². The van der Waals surface area contributed by atoms with Crippen LogP contribution in [-0.4, -0.2) is 29.5 Å². The molecule has 0 bridgehead atoms. The predicted octanol–water partition coefficient (Wildman–Crippen LogP) is 3.06. The quantitative estimate of drug-likeness (QED) is 0.830. The van der Waals surface area contributed by atoms with Crippen LogP contribution in [-0.2, 0) is 15.3 Å². The Labute approximate surface area is 110 Å². The minimum atomic E-state index is -0.907. The van der Waals surface area contributed by atoms with Crippen LogP contribution in [0.2, 0.25) is 5.02 Å². The third-order valence-corrected chi connectivity index (χ3v) is 3.42. The monoisotopic (exact) mass is 274 g/mol. The van der Waals surface area contributed by atoms with Crippen molar-refractivity contribution >= 4 is 29.3 Å². The Hall–Kier alpha value is -0.710. The normalized spacial score (nSPS) is 12.4. The third kappa shape index (κ3) is 5.44. The molecule has 5 heteroatoms. The predicted molar refractivity (Wildman–Crippen MR) is 70.7 cm³/mol.